The van der Waals surface area contributed by atoms with E-state index in [0.29, 0.717) is 6.42 Å². The zero-order chi connectivity index (χ0) is 7.98. The Morgan fingerprint density at radius 3 is 2.60 bits per heavy atom. The van der Waals surface area contributed by atoms with Crippen LogP contribution in [0.4, 0.5) is 4.79 Å². The molecule has 0 aliphatic carbocycles. The molecule has 0 rings (SSSR count). The molecule has 0 aliphatic rings. The summed E-state index contributed by atoms with van der Waals surface area (Å²) in [7, 11) is 0. The Morgan fingerprint density at radius 2 is 2.20 bits per heavy atom. The van der Waals surface area contributed by atoms with Gasteiger partial charge >= 0.3 is 12.1 Å². The van der Waals surface area contributed by atoms with Gasteiger partial charge in [0.2, 0.25) is 0 Å². The van der Waals surface area contributed by atoms with Crippen LogP contribution in [0.3, 0.4) is 0 Å². The predicted octanol–water partition coefficient (Wildman–Crippen LogP) is 0.428. The summed E-state index contributed by atoms with van der Waals surface area (Å²) in [5, 5.41) is 7.88. The third-order valence-electron chi connectivity index (χ3n) is 0.752. The van der Waals surface area contributed by atoms with E-state index in [4.69, 9.17) is 5.21 Å². The quantitative estimate of drug-likeness (QED) is 0.257. The molecule has 0 spiro atoms. The Morgan fingerprint density at radius 1 is 1.60 bits per heavy atom. The zero-order valence-electron chi connectivity index (χ0n) is 5.59. The maximum Gasteiger partial charge on any atom is 0.438 e. The number of rotatable bonds is 2. The van der Waals surface area contributed by atoms with Crippen molar-refractivity contribution in [3.8, 4) is 0 Å². The van der Waals surface area contributed by atoms with Gasteiger partial charge in [0, 0.05) is 6.42 Å². The first-order valence-corrected chi connectivity index (χ1v) is 2.85. The molecule has 5 nitrogen and oxygen atoms in total. The van der Waals surface area contributed by atoms with Crippen LogP contribution in [-0.2, 0) is 9.53 Å². The topological polar surface area (TPSA) is 75.6 Å². The number of hydrogen-bond acceptors (Lipinski definition) is 4. The van der Waals surface area contributed by atoms with Crippen LogP contribution in [0.2, 0.25) is 0 Å². The van der Waals surface area contributed by atoms with E-state index < -0.39 is 12.1 Å². The highest BCUT2D eigenvalue weighted by molar-refractivity contribution is 5.83. The Labute approximate surface area is 57.9 Å². The monoisotopic (exact) mass is 147 g/mol. The lowest BCUT2D eigenvalue weighted by Gasteiger charge is -1.97. The summed E-state index contributed by atoms with van der Waals surface area (Å²) in [5.41, 5.74) is 1.17. The van der Waals surface area contributed by atoms with Gasteiger partial charge < -0.3 is 4.74 Å². The van der Waals surface area contributed by atoms with Crippen LogP contribution >= 0.6 is 0 Å². The number of ether oxygens (including phenoxy) is 1. The van der Waals surface area contributed by atoms with E-state index in [9.17, 15) is 9.59 Å². The van der Waals surface area contributed by atoms with E-state index in [1.54, 1.807) is 6.92 Å². The number of hydrogen-bond donors (Lipinski definition) is 2. The van der Waals surface area contributed by atoms with Gasteiger partial charge in [-0.1, -0.05) is 6.92 Å². The largest absolute Gasteiger partial charge is 0.438 e. The molecule has 10 heavy (non-hydrogen) atoms. The van der Waals surface area contributed by atoms with Crippen LogP contribution in [0.25, 0.3) is 0 Å². The smallest absolute Gasteiger partial charge is 0.375 e. The highest BCUT2D eigenvalue weighted by Crippen LogP contribution is 1.90. The Hall–Kier alpha value is -1.10. The van der Waals surface area contributed by atoms with Crippen LogP contribution in [0.1, 0.15) is 19.8 Å². The summed E-state index contributed by atoms with van der Waals surface area (Å²) >= 11 is 0. The van der Waals surface area contributed by atoms with Crippen molar-refractivity contribution in [3.63, 3.8) is 0 Å². The van der Waals surface area contributed by atoms with Gasteiger partial charge in [-0.2, -0.15) is 0 Å². The first kappa shape index (κ1) is 8.90. The predicted molar refractivity (Wildman–Crippen MR) is 31.3 cm³/mol. The molecule has 0 saturated carbocycles. The zero-order valence-corrected chi connectivity index (χ0v) is 5.59. The highest BCUT2D eigenvalue weighted by atomic mass is 16.6. The minimum absolute atomic E-state index is 0.174. The number of carbonyl (C=O) groups is 2. The lowest BCUT2D eigenvalue weighted by Crippen LogP contribution is -2.23. The van der Waals surface area contributed by atoms with Crippen molar-refractivity contribution in [2.45, 2.75) is 19.8 Å². The molecule has 0 fully saturated rings. The van der Waals surface area contributed by atoms with Gasteiger partial charge in [0.05, 0.1) is 0 Å². The average molecular weight is 147 g/mol. The fraction of sp³-hybridized carbons (Fsp3) is 0.600. The average Bonchev–Trinajstić information content (AvgIpc) is 1.88. The molecule has 0 aromatic heterocycles. The number of nitrogens with one attached hydrogen (secondary N) is 1. The van der Waals surface area contributed by atoms with Crippen molar-refractivity contribution >= 4 is 12.1 Å². The molecular formula is C5H9NO4. The fourth-order valence-electron chi connectivity index (χ4n) is 0.381. The first-order chi connectivity index (χ1) is 4.70. The van der Waals surface area contributed by atoms with E-state index in [2.05, 4.69) is 4.74 Å². The van der Waals surface area contributed by atoms with Gasteiger partial charge in [0.15, 0.2) is 0 Å². The molecular weight excluding hydrogens is 138 g/mol. The molecule has 0 heterocycles. The second-order valence-corrected chi connectivity index (χ2v) is 1.62. The second kappa shape index (κ2) is 4.75. The summed E-state index contributed by atoms with van der Waals surface area (Å²) < 4.78 is 4.00. The van der Waals surface area contributed by atoms with Crippen molar-refractivity contribution < 1.29 is 19.5 Å². The van der Waals surface area contributed by atoms with Crippen molar-refractivity contribution in [3.05, 3.63) is 0 Å². The highest BCUT2D eigenvalue weighted by Gasteiger charge is 2.06. The Kier molecular flexibility index (Phi) is 4.23. The van der Waals surface area contributed by atoms with Gasteiger partial charge in [0.1, 0.15) is 0 Å². The van der Waals surface area contributed by atoms with Crippen LogP contribution < -0.4 is 5.48 Å². The van der Waals surface area contributed by atoms with Crippen molar-refractivity contribution in [2.75, 3.05) is 0 Å². The molecule has 5 heteroatoms. The maximum absolute atomic E-state index is 10.4. The normalized spacial score (nSPS) is 8.60. The molecule has 2 N–H and O–H groups in total. The molecule has 0 aromatic carbocycles. The minimum Gasteiger partial charge on any atom is -0.375 e. The summed E-state index contributed by atoms with van der Waals surface area (Å²) in [6.07, 6.45) is -0.358. The Bertz CT molecular complexity index is 134. The van der Waals surface area contributed by atoms with E-state index >= 15 is 0 Å². The van der Waals surface area contributed by atoms with Gasteiger partial charge in [-0.25, -0.2) is 10.3 Å². The fourth-order valence-corrected chi connectivity index (χ4v) is 0.381. The summed E-state index contributed by atoms with van der Waals surface area (Å²) in [5.74, 6) is -0.644. The number of amides is 1. The molecule has 0 aromatic rings. The third-order valence-corrected chi connectivity index (χ3v) is 0.752. The SMILES string of the molecule is CCCC(=O)OC(=O)NO. The van der Waals surface area contributed by atoms with Crippen LogP contribution in [-0.4, -0.2) is 17.3 Å². The van der Waals surface area contributed by atoms with Crippen LogP contribution in [0.5, 0.6) is 0 Å². The molecule has 0 unspecified atom stereocenters. The summed E-state index contributed by atoms with van der Waals surface area (Å²) in [4.78, 5) is 20.5. The number of carbonyl (C=O) groups excluding carboxylic acids is 2. The summed E-state index contributed by atoms with van der Waals surface area (Å²) in [6, 6.07) is 0. The van der Waals surface area contributed by atoms with Gasteiger partial charge in [-0.05, 0) is 6.42 Å². The van der Waals surface area contributed by atoms with Crippen molar-refractivity contribution in [1.29, 1.82) is 0 Å². The van der Waals surface area contributed by atoms with E-state index in [1.807, 2.05) is 0 Å². The van der Waals surface area contributed by atoms with Crippen LogP contribution in [0.15, 0.2) is 0 Å². The standard InChI is InChI=1S/C5H9NO4/c1-2-3-4(7)10-5(8)6-9/h9H,2-3H2,1H3,(H,6,8). The number of esters is 1. The van der Waals surface area contributed by atoms with Gasteiger partial charge in [-0.15, -0.1) is 0 Å². The third kappa shape index (κ3) is 3.85. The molecule has 0 aliphatic heterocycles. The maximum atomic E-state index is 10.4. The lowest BCUT2D eigenvalue weighted by molar-refractivity contribution is -0.138. The molecule has 0 atom stereocenters. The molecule has 58 valence electrons. The second-order valence-electron chi connectivity index (χ2n) is 1.62. The molecule has 0 saturated heterocycles. The van der Waals surface area contributed by atoms with E-state index in [1.165, 1.54) is 5.48 Å². The summed E-state index contributed by atoms with van der Waals surface area (Å²) in [6.45, 7) is 1.78. The van der Waals surface area contributed by atoms with Gasteiger partial charge in [-0.3, -0.25) is 10.0 Å². The van der Waals surface area contributed by atoms with Gasteiger partial charge in [0.25, 0.3) is 0 Å². The minimum atomic E-state index is -1.14. The van der Waals surface area contributed by atoms with E-state index in [-0.39, 0.29) is 6.42 Å². The first-order valence-electron chi connectivity index (χ1n) is 2.85. The molecule has 0 bridgehead atoms. The molecule has 0 radical (unpaired) electrons. The van der Waals surface area contributed by atoms with E-state index in [0.717, 1.165) is 0 Å². The Balaban J connectivity index is 3.47. The van der Waals surface area contributed by atoms with Crippen LogP contribution in [0, 0.1) is 0 Å². The molecule has 1 amide bonds. The lowest BCUT2D eigenvalue weighted by atomic mass is 10.3. The van der Waals surface area contributed by atoms with Crippen molar-refractivity contribution in [1.82, 2.24) is 5.48 Å². The number of hydroxylamine groups is 1. The van der Waals surface area contributed by atoms with Crippen molar-refractivity contribution in [2.24, 2.45) is 0 Å².